The van der Waals surface area contributed by atoms with Gasteiger partial charge in [-0.25, -0.2) is 9.78 Å². The number of hydrogen-bond acceptors (Lipinski definition) is 6. The highest BCUT2D eigenvalue weighted by molar-refractivity contribution is 7.98. The number of ether oxygens (including phenoxy) is 1. The summed E-state index contributed by atoms with van der Waals surface area (Å²) in [5, 5.41) is 3.14. The topological polar surface area (TPSA) is 42.4 Å². The summed E-state index contributed by atoms with van der Waals surface area (Å²) in [6, 6.07) is 7.87. The molecule has 1 aromatic carbocycles. The normalized spacial score (nSPS) is 11.4. The maximum atomic E-state index is 12.1. The summed E-state index contributed by atoms with van der Waals surface area (Å²) in [7, 11) is 5.17. The second-order valence-electron chi connectivity index (χ2n) is 5.14. The summed E-state index contributed by atoms with van der Waals surface area (Å²) in [6.45, 7) is 2.00. The van der Waals surface area contributed by atoms with E-state index < -0.39 is 0 Å². The first kappa shape index (κ1) is 17.6. The molecule has 0 aliphatic rings. The van der Waals surface area contributed by atoms with Crippen molar-refractivity contribution in [3.8, 4) is 0 Å². The van der Waals surface area contributed by atoms with Gasteiger partial charge < -0.3 is 9.64 Å². The van der Waals surface area contributed by atoms with Crippen LogP contribution in [-0.4, -0.2) is 37.1 Å². The molecule has 0 saturated carbocycles. The van der Waals surface area contributed by atoms with E-state index in [4.69, 9.17) is 4.74 Å². The SMILES string of the molecule is COC(=O)/C(=C/N(C)C)c1ccccc1SCc1csc(C)n1. The van der Waals surface area contributed by atoms with E-state index in [1.807, 2.05) is 50.2 Å². The Hall–Kier alpha value is -1.79. The molecule has 1 heterocycles. The maximum absolute atomic E-state index is 12.1. The molecule has 0 fully saturated rings. The van der Waals surface area contributed by atoms with Gasteiger partial charge in [-0.3, -0.25) is 0 Å². The number of carbonyl (C=O) groups excluding carboxylic acids is 1. The number of rotatable bonds is 6. The van der Waals surface area contributed by atoms with Crippen molar-refractivity contribution in [3.05, 3.63) is 52.1 Å². The number of esters is 1. The molecule has 6 heteroatoms. The van der Waals surface area contributed by atoms with Crippen molar-refractivity contribution < 1.29 is 9.53 Å². The third kappa shape index (κ3) is 4.84. The molecule has 23 heavy (non-hydrogen) atoms. The van der Waals surface area contributed by atoms with Crippen LogP contribution in [0, 0.1) is 6.92 Å². The number of benzene rings is 1. The molecule has 2 aromatic rings. The van der Waals surface area contributed by atoms with Gasteiger partial charge in [0.1, 0.15) is 0 Å². The Bertz CT molecular complexity index is 708. The van der Waals surface area contributed by atoms with E-state index in [1.165, 1.54) is 7.11 Å². The van der Waals surface area contributed by atoms with E-state index in [0.29, 0.717) is 5.57 Å². The van der Waals surface area contributed by atoms with Crippen molar-refractivity contribution in [3.63, 3.8) is 0 Å². The lowest BCUT2D eigenvalue weighted by atomic mass is 10.1. The molecule has 0 aliphatic heterocycles. The Balaban J connectivity index is 2.29. The Morgan fingerprint density at radius 3 is 2.74 bits per heavy atom. The van der Waals surface area contributed by atoms with E-state index >= 15 is 0 Å². The van der Waals surface area contributed by atoms with Gasteiger partial charge in [-0.05, 0) is 13.0 Å². The molecule has 0 radical (unpaired) electrons. The van der Waals surface area contributed by atoms with E-state index in [2.05, 4.69) is 10.4 Å². The van der Waals surface area contributed by atoms with Crippen LogP contribution in [0.25, 0.3) is 5.57 Å². The summed E-state index contributed by atoms with van der Waals surface area (Å²) in [5.74, 6) is 0.439. The van der Waals surface area contributed by atoms with Crippen LogP contribution in [0.15, 0.2) is 40.7 Å². The highest BCUT2D eigenvalue weighted by Crippen LogP contribution is 2.31. The van der Waals surface area contributed by atoms with E-state index in [1.54, 1.807) is 29.3 Å². The van der Waals surface area contributed by atoms with Gasteiger partial charge in [-0.1, -0.05) is 18.2 Å². The molecule has 0 atom stereocenters. The molecule has 2 rings (SSSR count). The zero-order chi connectivity index (χ0) is 16.8. The van der Waals surface area contributed by atoms with Gasteiger partial charge in [0, 0.05) is 41.9 Å². The first-order valence-electron chi connectivity index (χ1n) is 7.11. The van der Waals surface area contributed by atoms with Crippen molar-refractivity contribution in [2.45, 2.75) is 17.6 Å². The van der Waals surface area contributed by atoms with Crippen molar-refractivity contribution in [1.82, 2.24) is 9.88 Å². The Kier molecular flexibility index (Phi) is 6.24. The largest absolute Gasteiger partial charge is 0.465 e. The number of aromatic nitrogens is 1. The van der Waals surface area contributed by atoms with Crippen LogP contribution in [-0.2, 0) is 15.3 Å². The minimum absolute atomic E-state index is 0.337. The molecule has 0 unspecified atom stereocenters. The number of hydrogen-bond donors (Lipinski definition) is 0. The fourth-order valence-electron chi connectivity index (χ4n) is 2.04. The molecule has 0 spiro atoms. The molecular formula is C17H20N2O2S2. The lowest BCUT2D eigenvalue weighted by Gasteiger charge is -2.14. The van der Waals surface area contributed by atoms with Crippen LogP contribution in [0.4, 0.5) is 0 Å². The van der Waals surface area contributed by atoms with Gasteiger partial charge in [0.15, 0.2) is 0 Å². The minimum Gasteiger partial charge on any atom is -0.465 e. The van der Waals surface area contributed by atoms with Crippen LogP contribution < -0.4 is 0 Å². The average Bonchev–Trinajstić information content (AvgIpc) is 2.95. The molecule has 1 aromatic heterocycles. The second-order valence-corrected chi connectivity index (χ2v) is 7.22. The standard InChI is InChI=1S/C17H20N2O2S2/c1-12-18-13(10-22-12)11-23-16-8-6-5-7-14(16)15(9-19(2)3)17(20)21-4/h5-10H,11H2,1-4H3/b15-9+. The van der Waals surface area contributed by atoms with E-state index in [0.717, 1.165) is 26.9 Å². The van der Waals surface area contributed by atoms with Gasteiger partial charge in [-0.15, -0.1) is 23.1 Å². The van der Waals surface area contributed by atoms with E-state index in [9.17, 15) is 4.79 Å². The molecule has 0 amide bonds. The van der Waals surface area contributed by atoms with Crippen molar-refractivity contribution in [2.24, 2.45) is 0 Å². The third-order valence-corrected chi connectivity index (χ3v) is 4.94. The predicted octanol–water partition coefficient (Wildman–Crippen LogP) is 3.82. The number of thiazole rings is 1. The summed E-state index contributed by atoms with van der Waals surface area (Å²) in [6.07, 6.45) is 1.79. The summed E-state index contributed by atoms with van der Waals surface area (Å²) in [5.41, 5.74) is 2.49. The summed E-state index contributed by atoms with van der Waals surface area (Å²) in [4.78, 5) is 19.5. The van der Waals surface area contributed by atoms with Crippen molar-refractivity contribution >= 4 is 34.6 Å². The first-order valence-corrected chi connectivity index (χ1v) is 8.97. The number of aryl methyl sites for hydroxylation is 1. The molecule has 122 valence electrons. The monoisotopic (exact) mass is 348 g/mol. The van der Waals surface area contributed by atoms with Gasteiger partial charge in [0.2, 0.25) is 0 Å². The van der Waals surface area contributed by atoms with Gasteiger partial charge >= 0.3 is 5.97 Å². The fourth-order valence-corrected chi connectivity index (χ4v) is 3.72. The number of methoxy groups -OCH3 is 1. The predicted molar refractivity (Wildman–Crippen MR) is 96.5 cm³/mol. The zero-order valence-corrected chi connectivity index (χ0v) is 15.3. The minimum atomic E-state index is -0.337. The van der Waals surface area contributed by atoms with Crippen LogP contribution in [0.5, 0.6) is 0 Å². The van der Waals surface area contributed by atoms with Gasteiger partial charge in [0.05, 0.1) is 23.4 Å². The fraction of sp³-hybridized carbons (Fsp3) is 0.294. The van der Waals surface area contributed by atoms with Crippen LogP contribution in [0.1, 0.15) is 16.3 Å². The average molecular weight is 348 g/mol. The lowest BCUT2D eigenvalue weighted by molar-refractivity contribution is -0.133. The summed E-state index contributed by atoms with van der Waals surface area (Å²) < 4.78 is 4.93. The Labute approximate surface area is 145 Å². The van der Waals surface area contributed by atoms with Gasteiger partial charge in [0.25, 0.3) is 0 Å². The highest BCUT2D eigenvalue weighted by atomic mass is 32.2. The molecule has 4 nitrogen and oxygen atoms in total. The molecule has 0 bridgehead atoms. The first-order chi connectivity index (χ1) is 11.0. The van der Waals surface area contributed by atoms with Crippen LogP contribution in [0.2, 0.25) is 0 Å². The molecule has 0 aliphatic carbocycles. The van der Waals surface area contributed by atoms with Crippen LogP contribution in [0.3, 0.4) is 0 Å². The van der Waals surface area contributed by atoms with Crippen LogP contribution >= 0.6 is 23.1 Å². The number of carbonyl (C=O) groups is 1. The molecular weight excluding hydrogens is 328 g/mol. The smallest absolute Gasteiger partial charge is 0.339 e. The highest BCUT2D eigenvalue weighted by Gasteiger charge is 2.17. The molecule has 0 N–H and O–H groups in total. The number of thioether (sulfide) groups is 1. The molecule has 0 saturated heterocycles. The second kappa shape index (κ2) is 8.17. The Morgan fingerprint density at radius 1 is 1.39 bits per heavy atom. The Morgan fingerprint density at radius 2 is 2.13 bits per heavy atom. The van der Waals surface area contributed by atoms with E-state index in [-0.39, 0.29) is 5.97 Å². The number of nitrogens with zero attached hydrogens (tertiary/aromatic N) is 2. The van der Waals surface area contributed by atoms with Gasteiger partial charge in [-0.2, -0.15) is 0 Å². The van der Waals surface area contributed by atoms with Crippen molar-refractivity contribution in [2.75, 3.05) is 21.2 Å². The van der Waals surface area contributed by atoms with Crippen molar-refractivity contribution in [1.29, 1.82) is 0 Å². The summed E-state index contributed by atoms with van der Waals surface area (Å²) >= 11 is 3.32. The lowest BCUT2D eigenvalue weighted by Crippen LogP contribution is -2.10. The zero-order valence-electron chi connectivity index (χ0n) is 13.7. The third-order valence-electron chi connectivity index (χ3n) is 3.01. The quantitative estimate of drug-likeness (QED) is 0.451. The maximum Gasteiger partial charge on any atom is 0.339 e.